The highest BCUT2D eigenvalue weighted by Crippen LogP contribution is 2.41. The molecule has 0 unspecified atom stereocenters. The number of likely N-dealkylation sites (tertiary alicyclic amines) is 2. The number of piperidine rings is 1. The molecule has 1 aromatic carbocycles. The van der Waals surface area contributed by atoms with Crippen molar-refractivity contribution in [2.24, 2.45) is 5.92 Å². The van der Waals surface area contributed by atoms with Gasteiger partial charge >= 0.3 is 0 Å². The zero-order valence-corrected chi connectivity index (χ0v) is 15.8. The lowest BCUT2D eigenvalue weighted by atomic mass is 9.89. The average Bonchev–Trinajstić information content (AvgIpc) is 2.96. The van der Waals surface area contributed by atoms with Gasteiger partial charge in [-0.15, -0.1) is 0 Å². The van der Waals surface area contributed by atoms with Crippen molar-refractivity contribution in [3.8, 4) is 0 Å². The van der Waals surface area contributed by atoms with Crippen LogP contribution < -0.4 is 0 Å². The van der Waals surface area contributed by atoms with E-state index in [0.717, 1.165) is 11.1 Å². The predicted molar refractivity (Wildman–Crippen MR) is 96.4 cm³/mol. The van der Waals surface area contributed by atoms with Crippen LogP contribution in [0.3, 0.4) is 0 Å². The third kappa shape index (κ3) is 4.13. The molecule has 5 nitrogen and oxygen atoms in total. The lowest BCUT2D eigenvalue weighted by Gasteiger charge is -2.35. The second-order valence-corrected chi connectivity index (χ2v) is 7.37. The molecule has 0 aliphatic carbocycles. The van der Waals surface area contributed by atoms with Gasteiger partial charge in [-0.3, -0.25) is 9.59 Å². The summed E-state index contributed by atoms with van der Waals surface area (Å²) in [7, 11) is 1.57. The number of hydrogen-bond acceptors (Lipinski definition) is 3. The third-order valence-electron chi connectivity index (χ3n) is 5.60. The quantitative estimate of drug-likeness (QED) is 0.789. The summed E-state index contributed by atoms with van der Waals surface area (Å²) < 4.78 is 32.1. The molecule has 2 atom stereocenters. The van der Waals surface area contributed by atoms with Gasteiger partial charge in [-0.2, -0.15) is 0 Å². The number of nitrogens with zero attached hydrogens (tertiary/aromatic N) is 2. The Labute approximate surface area is 158 Å². The number of alkyl halides is 2. The molecule has 2 aliphatic rings. The standard InChI is InChI=1S/C20H26F2N2O3/c1-14-5-3-4-6-15(14)18-16(13-17(25)24(18)11-12-27-2)19(26)23-9-7-20(21,22)8-10-23/h3-6,16,18H,7-13H2,1-2H3/t16-,18+/m1/s1. The monoisotopic (exact) mass is 380 g/mol. The van der Waals surface area contributed by atoms with Gasteiger partial charge in [0, 0.05) is 46.0 Å². The number of carbonyl (C=O) groups excluding carboxylic acids is 2. The lowest BCUT2D eigenvalue weighted by molar-refractivity contribution is -0.142. The minimum absolute atomic E-state index is 0.0368. The third-order valence-corrected chi connectivity index (χ3v) is 5.60. The molecular formula is C20H26F2N2O3. The topological polar surface area (TPSA) is 49.9 Å². The number of ether oxygens (including phenoxy) is 1. The summed E-state index contributed by atoms with van der Waals surface area (Å²) in [6, 6.07) is 7.31. The van der Waals surface area contributed by atoms with Gasteiger partial charge in [0.25, 0.3) is 5.92 Å². The Morgan fingerprint density at radius 2 is 1.93 bits per heavy atom. The van der Waals surface area contributed by atoms with Gasteiger partial charge < -0.3 is 14.5 Å². The maximum Gasteiger partial charge on any atom is 0.251 e. The molecule has 2 fully saturated rings. The first-order valence-electron chi connectivity index (χ1n) is 9.34. The van der Waals surface area contributed by atoms with E-state index in [1.165, 1.54) is 4.90 Å². The zero-order valence-electron chi connectivity index (χ0n) is 15.8. The zero-order chi connectivity index (χ0) is 19.6. The van der Waals surface area contributed by atoms with E-state index in [9.17, 15) is 18.4 Å². The average molecular weight is 380 g/mol. The minimum atomic E-state index is -2.71. The van der Waals surface area contributed by atoms with E-state index in [1.807, 2.05) is 31.2 Å². The lowest BCUT2D eigenvalue weighted by Crippen LogP contribution is -2.46. The van der Waals surface area contributed by atoms with Crippen LogP contribution in [0.2, 0.25) is 0 Å². The van der Waals surface area contributed by atoms with Crippen molar-refractivity contribution in [1.29, 1.82) is 0 Å². The number of methoxy groups -OCH3 is 1. The molecule has 1 aromatic rings. The fraction of sp³-hybridized carbons (Fsp3) is 0.600. The molecule has 2 aliphatic heterocycles. The normalized spacial score (nSPS) is 25.1. The first kappa shape index (κ1) is 19.7. The van der Waals surface area contributed by atoms with E-state index in [1.54, 1.807) is 12.0 Å². The van der Waals surface area contributed by atoms with Crippen LogP contribution in [0, 0.1) is 12.8 Å². The van der Waals surface area contributed by atoms with E-state index in [4.69, 9.17) is 4.74 Å². The van der Waals surface area contributed by atoms with Crippen LogP contribution >= 0.6 is 0 Å². The summed E-state index contributed by atoms with van der Waals surface area (Å²) in [6.45, 7) is 2.81. The molecule has 27 heavy (non-hydrogen) atoms. The van der Waals surface area contributed by atoms with Gasteiger partial charge in [-0.1, -0.05) is 24.3 Å². The molecule has 0 saturated carbocycles. The minimum Gasteiger partial charge on any atom is -0.383 e. The number of hydrogen-bond donors (Lipinski definition) is 0. The number of halogens is 2. The fourth-order valence-corrected chi connectivity index (χ4v) is 4.06. The van der Waals surface area contributed by atoms with Gasteiger partial charge in [0.2, 0.25) is 11.8 Å². The Hall–Kier alpha value is -2.02. The number of carbonyl (C=O) groups is 2. The van der Waals surface area contributed by atoms with Crippen molar-refractivity contribution < 1.29 is 23.1 Å². The number of aryl methyl sites for hydroxylation is 1. The smallest absolute Gasteiger partial charge is 0.251 e. The SMILES string of the molecule is COCCN1C(=O)C[C@@H](C(=O)N2CCC(F)(F)CC2)[C@@H]1c1ccccc1C. The summed E-state index contributed by atoms with van der Waals surface area (Å²) in [5.41, 5.74) is 1.93. The Morgan fingerprint density at radius 3 is 2.56 bits per heavy atom. The Bertz CT molecular complexity index is 700. The Kier molecular flexibility index (Phi) is 5.79. The summed E-state index contributed by atoms with van der Waals surface area (Å²) in [6.07, 6.45) is -0.530. The second-order valence-electron chi connectivity index (χ2n) is 7.37. The molecule has 2 heterocycles. The molecule has 7 heteroatoms. The molecular weight excluding hydrogens is 354 g/mol. The van der Waals surface area contributed by atoms with Gasteiger partial charge in [-0.25, -0.2) is 8.78 Å². The molecule has 148 valence electrons. The predicted octanol–water partition coefficient (Wildman–Crippen LogP) is 2.79. The van der Waals surface area contributed by atoms with Crippen LogP contribution in [0.15, 0.2) is 24.3 Å². The van der Waals surface area contributed by atoms with Crippen LogP contribution in [0.1, 0.15) is 36.4 Å². The largest absolute Gasteiger partial charge is 0.383 e. The number of rotatable bonds is 5. The fourth-order valence-electron chi connectivity index (χ4n) is 4.06. The number of amides is 2. The summed E-state index contributed by atoms with van der Waals surface area (Å²) in [5, 5.41) is 0. The van der Waals surface area contributed by atoms with Crippen LogP contribution in [0.25, 0.3) is 0 Å². The van der Waals surface area contributed by atoms with Crippen molar-refractivity contribution in [2.45, 2.75) is 38.2 Å². The van der Waals surface area contributed by atoms with Crippen molar-refractivity contribution in [3.05, 3.63) is 35.4 Å². The maximum absolute atomic E-state index is 13.5. The highest BCUT2D eigenvalue weighted by Gasteiger charge is 2.47. The van der Waals surface area contributed by atoms with Crippen molar-refractivity contribution in [1.82, 2.24) is 9.80 Å². The van der Waals surface area contributed by atoms with Crippen molar-refractivity contribution >= 4 is 11.8 Å². The molecule has 0 spiro atoms. The van der Waals surface area contributed by atoms with E-state index in [2.05, 4.69) is 0 Å². The highest BCUT2D eigenvalue weighted by atomic mass is 19.3. The van der Waals surface area contributed by atoms with E-state index < -0.39 is 11.8 Å². The molecule has 0 bridgehead atoms. The molecule has 3 rings (SSSR count). The van der Waals surface area contributed by atoms with Crippen LogP contribution in [-0.4, -0.2) is 60.9 Å². The molecule has 0 N–H and O–H groups in total. The first-order valence-corrected chi connectivity index (χ1v) is 9.34. The van der Waals surface area contributed by atoms with Crippen LogP contribution in [0.4, 0.5) is 8.78 Å². The van der Waals surface area contributed by atoms with E-state index in [0.29, 0.717) is 13.2 Å². The number of benzene rings is 1. The second kappa shape index (κ2) is 7.92. The Balaban J connectivity index is 1.87. The summed E-state index contributed by atoms with van der Waals surface area (Å²) >= 11 is 0. The van der Waals surface area contributed by atoms with Crippen LogP contribution in [-0.2, 0) is 14.3 Å². The van der Waals surface area contributed by atoms with E-state index in [-0.39, 0.29) is 50.2 Å². The van der Waals surface area contributed by atoms with Crippen molar-refractivity contribution in [2.75, 3.05) is 33.4 Å². The highest BCUT2D eigenvalue weighted by molar-refractivity contribution is 5.90. The Morgan fingerprint density at radius 1 is 1.26 bits per heavy atom. The van der Waals surface area contributed by atoms with Gasteiger partial charge in [0.1, 0.15) is 0 Å². The van der Waals surface area contributed by atoms with Gasteiger partial charge in [0.15, 0.2) is 0 Å². The van der Waals surface area contributed by atoms with Crippen molar-refractivity contribution in [3.63, 3.8) is 0 Å². The molecule has 2 amide bonds. The molecule has 2 saturated heterocycles. The van der Waals surface area contributed by atoms with Gasteiger partial charge in [0.05, 0.1) is 18.6 Å². The first-order chi connectivity index (χ1) is 12.8. The summed E-state index contributed by atoms with van der Waals surface area (Å²) in [5.74, 6) is -3.56. The molecule has 0 radical (unpaired) electrons. The van der Waals surface area contributed by atoms with Crippen LogP contribution in [0.5, 0.6) is 0 Å². The maximum atomic E-state index is 13.5. The molecule has 0 aromatic heterocycles. The van der Waals surface area contributed by atoms with E-state index >= 15 is 0 Å². The van der Waals surface area contributed by atoms with Gasteiger partial charge in [-0.05, 0) is 18.1 Å². The summed E-state index contributed by atoms with van der Waals surface area (Å²) in [4.78, 5) is 29.0.